The maximum absolute atomic E-state index is 13.1. The molecule has 6 heteroatoms. The molecule has 0 amide bonds. The smallest absolute Gasteiger partial charge is 0.258 e. The van der Waals surface area contributed by atoms with Gasteiger partial charge in [-0.3, -0.25) is 4.79 Å². The maximum atomic E-state index is 13.1. The van der Waals surface area contributed by atoms with Crippen molar-refractivity contribution in [2.45, 2.75) is 26.4 Å². The summed E-state index contributed by atoms with van der Waals surface area (Å²) in [6.45, 7) is 4.55. The Morgan fingerprint density at radius 1 is 1.20 bits per heavy atom. The molecule has 0 aliphatic heterocycles. The second-order valence-electron chi connectivity index (χ2n) is 6.33. The van der Waals surface area contributed by atoms with Gasteiger partial charge in [-0.25, -0.2) is 9.37 Å². The van der Waals surface area contributed by atoms with Crippen LogP contribution in [0.5, 0.6) is 0 Å². The molecular formula is C19H19ClFN3O. The summed E-state index contributed by atoms with van der Waals surface area (Å²) in [4.78, 5) is 19.5. The molecule has 3 rings (SSSR count). The minimum Gasteiger partial charge on any atom is -0.309 e. The predicted molar refractivity (Wildman–Crippen MR) is 98.2 cm³/mol. The van der Waals surface area contributed by atoms with Crippen molar-refractivity contribution in [2.24, 2.45) is 5.92 Å². The van der Waals surface area contributed by atoms with Crippen molar-refractivity contribution in [1.29, 1.82) is 0 Å². The summed E-state index contributed by atoms with van der Waals surface area (Å²) in [5.74, 6) is 0.559. The minimum absolute atomic E-state index is 0.0148. The molecule has 1 heterocycles. The first-order valence-electron chi connectivity index (χ1n) is 8.11. The molecule has 2 aromatic carbocycles. The van der Waals surface area contributed by atoms with Crippen LogP contribution >= 0.6 is 11.6 Å². The largest absolute Gasteiger partial charge is 0.309 e. The summed E-state index contributed by atoms with van der Waals surface area (Å²) < 4.78 is 13.1. The number of H-pyrrole nitrogens is 1. The summed E-state index contributed by atoms with van der Waals surface area (Å²) in [5, 5.41) is 4.43. The summed E-state index contributed by atoms with van der Waals surface area (Å²) in [6, 6.07) is 11.5. The molecule has 0 saturated heterocycles. The Balaban J connectivity index is 1.84. The monoisotopic (exact) mass is 359 g/mol. The lowest BCUT2D eigenvalue weighted by Gasteiger charge is -2.23. The van der Waals surface area contributed by atoms with E-state index in [1.165, 1.54) is 12.1 Å². The van der Waals surface area contributed by atoms with Crippen molar-refractivity contribution in [3.05, 3.63) is 75.0 Å². The summed E-state index contributed by atoms with van der Waals surface area (Å²) in [6.07, 6.45) is 0. The molecule has 130 valence electrons. The third-order valence-corrected chi connectivity index (χ3v) is 4.34. The van der Waals surface area contributed by atoms with Gasteiger partial charge in [-0.2, -0.15) is 0 Å². The second kappa shape index (κ2) is 7.33. The van der Waals surface area contributed by atoms with Crippen molar-refractivity contribution < 1.29 is 4.39 Å². The molecule has 0 unspecified atom stereocenters. The van der Waals surface area contributed by atoms with Crippen molar-refractivity contribution in [3.8, 4) is 0 Å². The van der Waals surface area contributed by atoms with Gasteiger partial charge in [-0.1, -0.05) is 37.6 Å². The average molecular weight is 360 g/mol. The first kappa shape index (κ1) is 17.6. The molecule has 0 radical (unpaired) electrons. The zero-order valence-electron chi connectivity index (χ0n) is 14.0. The Labute approximate surface area is 150 Å². The van der Waals surface area contributed by atoms with E-state index in [2.05, 4.69) is 29.1 Å². The highest BCUT2D eigenvalue weighted by atomic mass is 35.5. The molecule has 0 aliphatic rings. The van der Waals surface area contributed by atoms with Crippen molar-refractivity contribution in [1.82, 2.24) is 15.3 Å². The quantitative estimate of drug-likeness (QED) is 0.717. The van der Waals surface area contributed by atoms with E-state index < -0.39 is 0 Å². The van der Waals surface area contributed by atoms with E-state index in [4.69, 9.17) is 11.6 Å². The van der Waals surface area contributed by atoms with E-state index in [9.17, 15) is 9.18 Å². The molecule has 3 aromatic rings. The van der Waals surface area contributed by atoms with Gasteiger partial charge in [0.25, 0.3) is 5.56 Å². The topological polar surface area (TPSA) is 57.8 Å². The summed E-state index contributed by atoms with van der Waals surface area (Å²) in [5.41, 5.74) is 1.36. The Bertz CT molecular complexity index is 938. The molecule has 4 nitrogen and oxygen atoms in total. The third kappa shape index (κ3) is 4.06. The summed E-state index contributed by atoms with van der Waals surface area (Å²) >= 11 is 5.99. The standard InChI is InChI=1S/C19H19ClFN3O/c1-11(2)18(12-3-6-14(21)7-4-12)22-10-17-23-16-9-13(20)5-8-15(16)19(25)24-17/h3-9,11,18,22H,10H2,1-2H3,(H,23,24,25)/t18-/m1/s1. The van der Waals surface area contributed by atoms with E-state index in [0.717, 1.165) is 5.56 Å². The highest BCUT2D eigenvalue weighted by Crippen LogP contribution is 2.22. The Morgan fingerprint density at radius 3 is 2.60 bits per heavy atom. The summed E-state index contributed by atoms with van der Waals surface area (Å²) in [7, 11) is 0. The number of fused-ring (bicyclic) bond motifs is 1. The number of nitrogens with one attached hydrogen (secondary N) is 2. The Hall–Kier alpha value is -2.24. The Morgan fingerprint density at radius 2 is 1.92 bits per heavy atom. The third-order valence-electron chi connectivity index (χ3n) is 4.10. The molecule has 2 N–H and O–H groups in total. The second-order valence-corrected chi connectivity index (χ2v) is 6.76. The van der Waals surface area contributed by atoms with E-state index in [0.29, 0.717) is 28.3 Å². The average Bonchev–Trinajstić information content (AvgIpc) is 2.56. The molecule has 1 atom stereocenters. The zero-order chi connectivity index (χ0) is 18.0. The van der Waals surface area contributed by atoms with Gasteiger partial charge in [0.15, 0.2) is 0 Å². The molecule has 1 aromatic heterocycles. The van der Waals surface area contributed by atoms with Crippen LogP contribution in [-0.4, -0.2) is 9.97 Å². The highest BCUT2D eigenvalue weighted by Gasteiger charge is 2.16. The van der Waals surface area contributed by atoms with Crippen LogP contribution in [0, 0.1) is 11.7 Å². The molecule has 25 heavy (non-hydrogen) atoms. The van der Waals surface area contributed by atoms with E-state index in [-0.39, 0.29) is 23.3 Å². The van der Waals surface area contributed by atoms with E-state index in [1.54, 1.807) is 30.3 Å². The fourth-order valence-corrected chi connectivity index (χ4v) is 3.03. The number of hydrogen-bond donors (Lipinski definition) is 2. The molecular weight excluding hydrogens is 341 g/mol. The van der Waals surface area contributed by atoms with Gasteiger partial charge in [0.1, 0.15) is 11.6 Å². The number of halogens is 2. The highest BCUT2D eigenvalue weighted by molar-refractivity contribution is 6.31. The SMILES string of the molecule is CC(C)[C@@H](NCc1nc2cc(Cl)ccc2c(=O)[nH]1)c1ccc(F)cc1. The van der Waals surface area contributed by atoms with Gasteiger partial charge < -0.3 is 10.3 Å². The lowest BCUT2D eigenvalue weighted by molar-refractivity contribution is 0.405. The van der Waals surface area contributed by atoms with E-state index in [1.807, 2.05) is 0 Å². The van der Waals surface area contributed by atoms with Crippen molar-refractivity contribution >= 4 is 22.5 Å². The number of nitrogens with zero attached hydrogens (tertiary/aromatic N) is 1. The van der Waals surface area contributed by atoms with Gasteiger partial charge in [-0.15, -0.1) is 0 Å². The van der Waals surface area contributed by atoms with Crippen molar-refractivity contribution in [2.75, 3.05) is 0 Å². The van der Waals surface area contributed by atoms with Crippen molar-refractivity contribution in [3.63, 3.8) is 0 Å². The van der Waals surface area contributed by atoms with Gasteiger partial charge in [0, 0.05) is 11.1 Å². The zero-order valence-corrected chi connectivity index (χ0v) is 14.8. The van der Waals surface area contributed by atoms with Crippen LogP contribution in [0.2, 0.25) is 5.02 Å². The van der Waals surface area contributed by atoms with Crippen LogP contribution in [0.25, 0.3) is 10.9 Å². The van der Waals surface area contributed by atoms with Gasteiger partial charge in [0.05, 0.1) is 17.4 Å². The molecule has 0 spiro atoms. The molecule has 0 fully saturated rings. The first-order chi connectivity index (χ1) is 11.9. The Kier molecular flexibility index (Phi) is 5.16. The molecule has 0 aliphatic carbocycles. The van der Waals surface area contributed by atoms with Crippen LogP contribution in [0.15, 0.2) is 47.3 Å². The van der Waals surface area contributed by atoms with Gasteiger partial charge in [0.2, 0.25) is 0 Å². The maximum Gasteiger partial charge on any atom is 0.258 e. The number of rotatable bonds is 5. The number of aromatic nitrogens is 2. The van der Waals surface area contributed by atoms with Gasteiger partial charge >= 0.3 is 0 Å². The number of aromatic amines is 1. The lowest BCUT2D eigenvalue weighted by atomic mass is 9.96. The van der Waals surface area contributed by atoms with Crippen LogP contribution < -0.4 is 10.9 Å². The van der Waals surface area contributed by atoms with E-state index >= 15 is 0 Å². The number of benzene rings is 2. The molecule has 0 saturated carbocycles. The lowest BCUT2D eigenvalue weighted by Crippen LogP contribution is -2.27. The van der Waals surface area contributed by atoms with Crippen LogP contribution in [0.4, 0.5) is 4.39 Å². The predicted octanol–water partition coefficient (Wildman–Crippen LogP) is 4.20. The molecule has 0 bridgehead atoms. The van der Waals surface area contributed by atoms with Crippen LogP contribution in [0.3, 0.4) is 0 Å². The van der Waals surface area contributed by atoms with Crippen LogP contribution in [0.1, 0.15) is 31.3 Å². The first-order valence-corrected chi connectivity index (χ1v) is 8.49. The number of hydrogen-bond acceptors (Lipinski definition) is 3. The van der Waals surface area contributed by atoms with Crippen LogP contribution in [-0.2, 0) is 6.54 Å². The van der Waals surface area contributed by atoms with Gasteiger partial charge in [-0.05, 0) is 41.8 Å². The minimum atomic E-state index is -0.260. The fourth-order valence-electron chi connectivity index (χ4n) is 2.86. The normalized spacial score (nSPS) is 12.7. The fraction of sp³-hybridized carbons (Fsp3) is 0.263.